The SMILES string of the molecule is [C-]#[N+]c1ccc2c(n1)c(N1C[C@@H](C)N(C(C)c3ccc(F)c(C)c3Cl)C[C@@H]1C)cc(=O)n2C. The molecule has 4 rings (SSSR count). The third-order valence-electron chi connectivity index (χ3n) is 6.81. The summed E-state index contributed by atoms with van der Waals surface area (Å²) in [5.41, 5.74) is 3.37. The zero-order chi connectivity index (χ0) is 24.0. The van der Waals surface area contributed by atoms with Crippen molar-refractivity contribution in [1.29, 1.82) is 0 Å². The molecule has 3 atom stereocenters. The first-order valence-electron chi connectivity index (χ1n) is 11.0. The Morgan fingerprint density at radius 2 is 1.94 bits per heavy atom. The smallest absolute Gasteiger partial charge is 0.270 e. The summed E-state index contributed by atoms with van der Waals surface area (Å²) in [6.07, 6.45) is 0. The number of anilines is 1. The molecule has 2 aromatic heterocycles. The molecule has 1 unspecified atom stereocenters. The number of pyridine rings is 2. The molecule has 8 heteroatoms. The van der Waals surface area contributed by atoms with Gasteiger partial charge in [0.05, 0.1) is 16.2 Å². The second kappa shape index (κ2) is 8.77. The van der Waals surface area contributed by atoms with E-state index in [0.29, 0.717) is 34.0 Å². The van der Waals surface area contributed by atoms with Gasteiger partial charge in [0.1, 0.15) is 5.82 Å². The zero-order valence-electron chi connectivity index (χ0n) is 19.4. The number of aromatic nitrogens is 2. The van der Waals surface area contributed by atoms with Crippen LogP contribution in [0.1, 0.15) is 37.9 Å². The first kappa shape index (κ1) is 23.2. The molecular formula is C25H27ClFN5O. The van der Waals surface area contributed by atoms with Crippen LogP contribution >= 0.6 is 11.6 Å². The van der Waals surface area contributed by atoms with Crippen molar-refractivity contribution in [3.8, 4) is 0 Å². The average Bonchev–Trinajstić information content (AvgIpc) is 2.80. The van der Waals surface area contributed by atoms with E-state index in [0.717, 1.165) is 17.8 Å². The molecule has 3 aromatic rings. The van der Waals surface area contributed by atoms with E-state index in [1.807, 2.05) is 0 Å². The first-order valence-corrected chi connectivity index (χ1v) is 11.4. The van der Waals surface area contributed by atoms with E-state index in [9.17, 15) is 9.18 Å². The fourth-order valence-corrected chi connectivity index (χ4v) is 5.11. The van der Waals surface area contributed by atoms with Gasteiger partial charge in [0.2, 0.25) is 5.52 Å². The standard InChI is InChI=1S/C25H27ClFN5O/c1-14-13-32(21-11-23(33)30(6)20-9-10-22(28-5)29-25(20)21)15(2)12-31(14)17(4)18-7-8-19(27)16(3)24(18)26/h7-11,14-15,17H,12-13H2,1-4,6H3/t14-,15+,17?/m1/s1. The highest BCUT2D eigenvalue weighted by atomic mass is 35.5. The number of hydrogen-bond donors (Lipinski definition) is 0. The number of fused-ring (bicyclic) bond motifs is 1. The van der Waals surface area contributed by atoms with Gasteiger partial charge in [-0.1, -0.05) is 24.2 Å². The van der Waals surface area contributed by atoms with Crippen LogP contribution in [0.25, 0.3) is 15.9 Å². The number of piperazine rings is 1. The topological polar surface area (TPSA) is 45.7 Å². The number of halogens is 2. The third-order valence-corrected chi connectivity index (χ3v) is 7.31. The van der Waals surface area contributed by atoms with Crippen molar-refractivity contribution in [1.82, 2.24) is 14.5 Å². The second-order valence-corrected chi connectivity index (χ2v) is 9.25. The maximum Gasteiger partial charge on any atom is 0.270 e. The highest BCUT2D eigenvalue weighted by Gasteiger charge is 2.35. The van der Waals surface area contributed by atoms with Gasteiger partial charge < -0.3 is 14.3 Å². The van der Waals surface area contributed by atoms with Crippen LogP contribution in [0.4, 0.5) is 15.9 Å². The second-order valence-electron chi connectivity index (χ2n) is 8.87. The van der Waals surface area contributed by atoms with Gasteiger partial charge in [-0.2, -0.15) is 0 Å². The molecule has 0 spiro atoms. The van der Waals surface area contributed by atoms with Crippen LogP contribution in [0.2, 0.25) is 5.02 Å². The van der Waals surface area contributed by atoms with Crippen LogP contribution in [0.3, 0.4) is 0 Å². The minimum absolute atomic E-state index is 0.00336. The molecule has 0 radical (unpaired) electrons. The molecule has 0 aliphatic carbocycles. The summed E-state index contributed by atoms with van der Waals surface area (Å²) in [6.45, 7) is 16.8. The van der Waals surface area contributed by atoms with Gasteiger partial charge in [0, 0.05) is 49.9 Å². The summed E-state index contributed by atoms with van der Waals surface area (Å²) < 4.78 is 15.5. The van der Waals surface area contributed by atoms with Crippen molar-refractivity contribution in [2.45, 2.75) is 45.8 Å². The highest BCUT2D eigenvalue weighted by Crippen LogP contribution is 2.36. The lowest BCUT2D eigenvalue weighted by Crippen LogP contribution is -2.57. The van der Waals surface area contributed by atoms with Crippen molar-refractivity contribution in [2.24, 2.45) is 7.05 Å². The minimum Gasteiger partial charge on any atom is -0.362 e. The van der Waals surface area contributed by atoms with E-state index >= 15 is 0 Å². The van der Waals surface area contributed by atoms with Gasteiger partial charge >= 0.3 is 0 Å². The minimum atomic E-state index is -0.300. The molecule has 1 aromatic carbocycles. The molecule has 1 aliphatic heterocycles. The molecule has 172 valence electrons. The lowest BCUT2D eigenvalue weighted by molar-refractivity contribution is 0.119. The quantitative estimate of drug-likeness (QED) is 0.494. The first-order chi connectivity index (χ1) is 15.6. The van der Waals surface area contributed by atoms with Gasteiger partial charge in [0.25, 0.3) is 11.4 Å². The summed E-state index contributed by atoms with van der Waals surface area (Å²) in [5, 5.41) is 0.471. The Balaban J connectivity index is 1.70. The van der Waals surface area contributed by atoms with E-state index in [4.69, 9.17) is 18.2 Å². The van der Waals surface area contributed by atoms with Crippen LogP contribution in [0, 0.1) is 19.3 Å². The largest absolute Gasteiger partial charge is 0.362 e. The normalized spacial score (nSPS) is 20.1. The average molecular weight is 468 g/mol. The van der Waals surface area contributed by atoms with Crippen LogP contribution in [-0.4, -0.2) is 39.6 Å². The maximum absolute atomic E-state index is 13.9. The predicted molar refractivity (Wildman–Crippen MR) is 131 cm³/mol. The lowest BCUT2D eigenvalue weighted by atomic mass is 9.98. The number of aryl methyl sites for hydroxylation is 1. The summed E-state index contributed by atoms with van der Waals surface area (Å²) in [5.74, 6) is 0.00249. The van der Waals surface area contributed by atoms with Crippen LogP contribution < -0.4 is 10.5 Å². The highest BCUT2D eigenvalue weighted by molar-refractivity contribution is 6.32. The Hall–Kier alpha value is -2.95. The fourth-order valence-electron chi connectivity index (χ4n) is 4.80. The fraction of sp³-hybridized carbons (Fsp3) is 0.400. The molecule has 3 heterocycles. The Morgan fingerprint density at radius 3 is 2.64 bits per heavy atom. The zero-order valence-corrected chi connectivity index (χ0v) is 20.2. The van der Waals surface area contributed by atoms with Crippen molar-refractivity contribution in [3.05, 3.63) is 74.1 Å². The summed E-state index contributed by atoms with van der Waals surface area (Å²) in [6, 6.07) is 8.51. The Labute approximate surface area is 198 Å². The molecule has 6 nitrogen and oxygen atoms in total. The van der Waals surface area contributed by atoms with Crippen molar-refractivity contribution in [3.63, 3.8) is 0 Å². The monoisotopic (exact) mass is 467 g/mol. The molecule has 1 saturated heterocycles. The van der Waals surface area contributed by atoms with Gasteiger partial charge in [-0.05, 0) is 51.5 Å². The Morgan fingerprint density at radius 1 is 1.21 bits per heavy atom. The molecule has 1 aliphatic rings. The summed E-state index contributed by atoms with van der Waals surface area (Å²) >= 11 is 6.50. The molecule has 33 heavy (non-hydrogen) atoms. The number of nitrogens with zero attached hydrogens (tertiary/aromatic N) is 5. The van der Waals surface area contributed by atoms with Gasteiger partial charge in [-0.15, -0.1) is 4.98 Å². The van der Waals surface area contributed by atoms with Crippen molar-refractivity contribution in [2.75, 3.05) is 18.0 Å². The number of benzene rings is 1. The van der Waals surface area contributed by atoms with Crippen molar-refractivity contribution >= 4 is 34.1 Å². The van der Waals surface area contributed by atoms with Crippen LogP contribution in [0.5, 0.6) is 0 Å². The van der Waals surface area contributed by atoms with Gasteiger partial charge in [0.15, 0.2) is 0 Å². The van der Waals surface area contributed by atoms with E-state index < -0.39 is 0 Å². The third kappa shape index (κ3) is 3.98. The van der Waals surface area contributed by atoms with E-state index in [2.05, 4.69) is 40.4 Å². The molecule has 0 amide bonds. The summed E-state index contributed by atoms with van der Waals surface area (Å²) in [7, 11) is 1.72. The predicted octanol–water partition coefficient (Wildman–Crippen LogP) is 5.25. The number of hydrogen-bond acceptors (Lipinski definition) is 4. The van der Waals surface area contributed by atoms with E-state index in [1.165, 1.54) is 6.07 Å². The Bertz CT molecular complexity index is 1330. The van der Waals surface area contributed by atoms with Gasteiger partial charge in [-0.3, -0.25) is 9.69 Å². The molecule has 0 N–H and O–H groups in total. The molecule has 0 saturated carbocycles. The van der Waals surface area contributed by atoms with Crippen molar-refractivity contribution < 1.29 is 4.39 Å². The van der Waals surface area contributed by atoms with Gasteiger partial charge in [-0.25, -0.2) is 4.39 Å². The molecule has 0 bridgehead atoms. The molecular weight excluding hydrogens is 441 g/mol. The Kier molecular flexibility index (Phi) is 6.17. The van der Waals surface area contributed by atoms with Crippen LogP contribution in [0.15, 0.2) is 35.1 Å². The molecule has 1 fully saturated rings. The van der Waals surface area contributed by atoms with E-state index in [-0.39, 0.29) is 29.5 Å². The van der Waals surface area contributed by atoms with E-state index in [1.54, 1.807) is 42.8 Å². The number of rotatable bonds is 3. The lowest BCUT2D eigenvalue weighted by Gasteiger charge is -2.47. The van der Waals surface area contributed by atoms with Crippen LogP contribution in [-0.2, 0) is 7.05 Å². The summed E-state index contributed by atoms with van der Waals surface area (Å²) in [4.78, 5) is 25.3. The maximum atomic E-state index is 13.9.